The lowest BCUT2D eigenvalue weighted by Gasteiger charge is -2.36. The van der Waals surface area contributed by atoms with Crippen LogP contribution in [0, 0.1) is 0 Å². The number of halogens is 3. The molecule has 3 heterocycles. The highest BCUT2D eigenvalue weighted by molar-refractivity contribution is 6.00. The molecule has 1 aliphatic heterocycles. The predicted octanol–water partition coefficient (Wildman–Crippen LogP) is 6.04. The van der Waals surface area contributed by atoms with Gasteiger partial charge in [0.05, 0.1) is 17.5 Å². The third-order valence-corrected chi connectivity index (χ3v) is 7.02. The SMILES string of the molecule is O=C(c1cnn2c(-c3ccc(-c4ccccc4)cc3)ccnc12)N1CCN(c2cccc(C(F)(F)F)c2)CC1. The van der Waals surface area contributed by atoms with E-state index in [2.05, 4.69) is 34.3 Å². The molecular formula is C30H24F3N5O. The number of carbonyl (C=O) groups excluding carboxylic acids is 1. The molecule has 0 atom stereocenters. The number of anilines is 1. The highest BCUT2D eigenvalue weighted by atomic mass is 19.4. The Kier molecular flexibility index (Phi) is 6.26. The Bertz CT molecular complexity index is 1620. The summed E-state index contributed by atoms with van der Waals surface area (Å²) in [6.45, 7) is 1.62. The number of amides is 1. The molecule has 0 unspecified atom stereocenters. The van der Waals surface area contributed by atoms with Gasteiger partial charge in [-0.3, -0.25) is 4.79 Å². The zero-order valence-electron chi connectivity index (χ0n) is 20.8. The maximum absolute atomic E-state index is 13.4. The Hall–Kier alpha value is -4.66. The number of benzene rings is 3. The smallest absolute Gasteiger partial charge is 0.368 e. The number of aromatic nitrogens is 3. The molecule has 0 spiro atoms. The number of carbonyl (C=O) groups is 1. The summed E-state index contributed by atoms with van der Waals surface area (Å²) in [5.41, 5.74) is 4.66. The molecule has 9 heteroatoms. The molecule has 0 bridgehead atoms. The molecule has 196 valence electrons. The van der Waals surface area contributed by atoms with Crippen molar-refractivity contribution in [3.63, 3.8) is 0 Å². The fourth-order valence-electron chi connectivity index (χ4n) is 4.94. The second-order valence-electron chi connectivity index (χ2n) is 9.39. The first-order valence-corrected chi connectivity index (χ1v) is 12.6. The molecule has 1 aliphatic rings. The van der Waals surface area contributed by atoms with Crippen LogP contribution in [0.3, 0.4) is 0 Å². The van der Waals surface area contributed by atoms with Gasteiger partial charge in [0.2, 0.25) is 0 Å². The van der Waals surface area contributed by atoms with E-state index in [-0.39, 0.29) is 5.91 Å². The largest absolute Gasteiger partial charge is 0.416 e. The van der Waals surface area contributed by atoms with E-state index in [0.29, 0.717) is 43.1 Å². The van der Waals surface area contributed by atoms with Crippen LogP contribution in [0.2, 0.25) is 0 Å². The Labute approximate surface area is 222 Å². The average molecular weight is 528 g/mol. The van der Waals surface area contributed by atoms with E-state index in [4.69, 9.17) is 0 Å². The Morgan fingerprint density at radius 1 is 0.769 bits per heavy atom. The summed E-state index contributed by atoms with van der Waals surface area (Å²) in [7, 11) is 0. The van der Waals surface area contributed by atoms with Crippen molar-refractivity contribution in [2.45, 2.75) is 6.18 Å². The highest BCUT2D eigenvalue weighted by Gasteiger charge is 2.31. The standard InChI is InChI=1S/C30H24F3N5O/c31-30(32,33)24-7-4-8-25(19-24)36-15-17-37(18-16-36)29(39)26-20-35-38-27(13-14-34-28(26)38)23-11-9-22(10-12-23)21-5-2-1-3-6-21/h1-14,19-20H,15-18H2. The van der Waals surface area contributed by atoms with Gasteiger partial charge in [-0.1, -0.05) is 60.7 Å². The monoisotopic (exact) mass is 527 g/mol. The zero-order valence-corrected chi connectivity index (χ0v) is 20.8. The normalized spacial score (nSPS) is 14.1. The summed E-state index contributed by atoms with van der Waals surface area (Å²) in [6, 6.07) is 25.4. The highest BCUT2D eigenvalue weighted by Crippen LogP contribution is 2.32. The minimum atomic E-state index is -4.40. The molecule has 0 saturated carbocycles. The molecular weight excluding hydrogens is 503 g/mol. The van der Waals surface area contributed by atoms with Crippen LogP contribution >= 0.6 is 0 Å². The van der Waals surface area contributed by atoms with Gasteiger partial charge in [-0.05, 0) is 35.4 Å². The molecule has 2 aromatic heterocycles. The average Bonchev–Trinajstić information content (AvgIpc) is 3.42. The summed E-state index contributed by atoms with van der Waals surface area (Å²) >= 11 is 0. The molecule has 5 aromatic rings. The second kappa shape index (κ2) is 9.90. The van der Waals surface area contributed by atoms with E-state index in [0.717, 1.165) is 34.5 Å². The van der Waals surface area contributed by atoms with Gasteiger partial charge in [0, 0.05) is 43.6 Å². The number of hydrogen-bond acceptors (Lipinski definition) is 4. The van der Waals surface area contributed by atoms with Crippen molar-refractivity contribution in [3.05, 3.63) is 108 Å². The fourth-order valence-corrected chi connectivity index (χ4v) is 4.94. The summed E-state index contributed by atoms with van der Waals surface area (Å²) in [4.78, 5) is 21.4. The van der Waals surface area contributed by atoms with Crippen molar-refractivity contribution >= 4 is 17.2 Å². The quantitative estimate of drug-likeness (QED) is 0.286. The lowest BCUT2D eigenvalue weighted by molar-refractivity contribution is -0.137. The lowest BCUT2D eigenvalue weighted by atomic mass is 10.0. The first-order valence-electron chi connectivity index (χ1n) is 12.6. The van der Waals surface area contributed by atoms with Crippen molar-refractivity contribution in [3.8, 4) is 22.4 Å². The van der Waals surface area contributed by atoms with E-state index in [9.17, 15) is 18.0 Å². The first kappa shape index (κ1) is 24.7. The van der Waals surface area contributed by atoms with E-state index in [1.165, 1.54) is 12.3 Å². The molecule has 0 radical (unpaired) electrons. The molecule has 6 nitrogen and oxygen atoms in total. The number of alkyl halides is 3. The van der Waals surface area contributed by atoms with Gasteiger partial charge in [0.1, 0.15) is 5.56 Å². The first-order chi connectivity index (χ1) is 18.9. The molecule has 1 fully saturated rings. The number of nitrogens with zero attached hydrogens (tertiary/aromatic N) is 5. The Morgan fingerprint density at radius 3 is 2.18 bits per heavy atom. The Balaban J connectivity index is 1.19. The van der Waals surface area contributed by atoms with E-state index in [1.807, 2.05) is 41.3 Å². The van der Waals surface area contributed by atoms with Crippen LogP contribution in [0.25, 0.3) is 28.0 Å². The summed E-state index contributed by atoms with van der Waals surface area (Å²) < 4.78 is 41.1. The molecule has 39 heavy (non-hydrogen) atoms. The third-order valence-electron chi connectivity index (χ3n) is 7.02. The minimum Gasteiger partial charge on any atom is -0.368 e. The number of rotatable bonds is 4. The fraction of sp³-hybridized carbons (Fsp3) is 0.167. The number of fused-ring (bicyclic) bond motifs is 1. The summed E-state index contributed by atoms with van der Waals surface area (Å²) in [5.74, 6) is -0.197. The number of piperazine rings is 1. The molecule has 0 aliphatic carbocycles. The molecule has 3 aromatic carbocycles. The van der Waals surface area contributed by atoms with Crippen molar-refractivity contribution in [1.82, 2.24) is 19.5 Å². The van der Waals surface area contributed by atoms with Gasteiger partial charge < -0.3 is 9.80 Å². The number of hydrogen-bond donors (Lipinski definition) is 0. The van der Waals surface area contributed by atoms with Gasteiger partial charge >= 0.3 is 6.18 Å². The van der Waals surface area contributed by atoms with E-state index < -0.39 is 11.7 Å². The second-order valence-corrected chi connectivity index (χ2v) is 9.39. The maximum atomic E-state index is 13.4. The third kappa shape index (κ3) is 4.83. The van der Waals surface area contributed by atoms with Gasteiger partial charge in [-0.25, -0.2) is 9.50 Å². The topological polar surface area (TPSA) is 53.7 Å². The van der Waals surface area contributed by atoms with Crippen molar-refractivity contribution in [1.29, 1.82) is 0 Å². The van der Waals surface area contributed by atoms with E-state index >= 15 is 0 Å². The van der Waals surface area contributed by atoms with Crippen LogP contribution in [0.4, 0.5) is 18.9 Å². The van der Waals surface area contributed by atoms with Gasteiger partial charge in [0.15, 0.2) is 5.65 Å². The zero-order chi connectivity index (χ0) is 27.0. The molecule has 6 rings (SSSR count). The molecule has 1 saturated heterocycles. The summed E-state index contributed by atoms with van der Waals surface area (Å²) in [6.07, 6.45) is -1.20. The lowest BCUT2D eigenvalue weighted by Crippen LogP contribution is -2.48. The minimum absolute atomic E-state index is 0.197. The van der Waals surface area contributed by atoms with Crippen molar-refractivity contribution < 1.29 is 18.0 Å². The van der Waals surface area contributed by atoms with Crippen LogP contribution in [0.15, 0.2) is 97.3 Å². The van der Waals surface area contributed by atoms with Gasteiger partial charge in [-0.2, -0.15) is 18.3 Å². The van der Waals surface area contributed by atoms with Crippen molar-refractivity contribution in [2.75, 3.05) is 31.1 Å². The molecule has 1 amide bonds. The van der Waals surface area contributed by atoms with Crippen LogP contribution in [0.1, 0.15) is 15.9 Å². The van der Waals surface area contributed by atoms with Crippen molar-refractivity contribution in [2.24, 2.45) is 0 Å². The molecule has 0 N–H and O–H groups in total. The predicted molar refractivity (Wildman–Crippen MR) is 143 cm³/mol. The van der Waals surface area contributed by atoms with Crippen LogP contribution in [-0.2, 0) is 6.18 Å². The van der Waals surface area contributed by atoms with Gasteiger partial charge in [0.25, 0.3) is 5.91 Å². The summed E-state index contributed by atoms with van der Waals surface area (Å²) in [5, 5.41) is 4.48. The van der Waals surface area contributed by atoms with Crippen LogP contribution in [-0.4, -0.2) is 51.6 Å². The van der Waals surface area contributed by atoms with Crippen LogP contribution in [0.5, 0.6) is 0 Å². The van der Waals surface area contributed by atoms with E-state index in [1.54, 1.807) is 21.7 Å². The van der Waals surface area contributed by atoms with Crippen LogP contribution < -0.4 is 4.90 Å². The maximum Gasteiger partial charge on any atom is 0.416 e. The van der Waals surface area contributed by atoms with Gasteiger partial charge in [-0.15, -0.1) is 0 Å². The Morgan fingerprint density at radius 2 is 1.46 bits per heavy atom.